The third-order valence-electron chi connectivity index (χ3n) is 8.83. The minimum atomic E-state index is -4.45. The van der Waals surface area contributed by atoms with Crippen molar-refractivity contribution in [3.8, 4) is 28.1 Å². The van der Waals surface area contributed by atoms with Crippen molar-refractivity contribution < 1.29 is 39.9 Å². The fraction of sp³-hybridized carbons (Fsp3) is 0.278. The van der Waals surface area contributed by atoms with Gasteiger partial charge in [-0.25, -0.2) is 50.9 Å². The van der Waals surface area contributed by atoms with Gasteiger partial charge in [-0.3, -0.25) is 25.3 Å². The zero-order valence-electron chi connectivity index (χ0n) is 33.8. The summed E-state index contributed by atoms with van der Waals surface area (Å²) < 4.78 is 89.2. The van der Waals surface area contributed by atoms with Gasteiger partial charge < -0.3 is 11.5 Å². The second-order valence-electron chi connectivity index (χ2n) is 13.6. The van der Waals surface area contributed by atoms with Crippen LogP contribution in [0.15, 0.2) is 90.6 Å². The van der Waals surface area contributed by atoms with Crippen LogP contribution in [0.25, 0.3) is 28.1 Å². The van der Waals surface area contributed by atoms with Crippen LogP contribution in [0, 0.1) is 20.2 Å². The third-order valence-corrected chi connectivity index (χ3v) is 10.8. The molecule has 64 heavy (non-hydrogen) atoms. The van der Waals surface area contributed by atoms with Crippen molar-refractivity contribution >= 4 is 59.0 Å². The smallest absolute Gasteiger partial charge is 0.378 e. The van der Waals surface area contributed by atoms with Crippen LogP contribution in [0.5, 0.6) is 0 Å². The van der Waals surface area contributed by atoms with Crippen LogP contribution < -0.4 is 20.9 Å². The number of alkyl halides is 3. The molecule has 342 valence electrons. The number of hydrogen-bond acceptors (Lipinski definition) is 16. The SMILES string of the molecule is CC(CCNS(C)(=O)=O)c1ccc(-n2cc(-c3ccnc(N)c3[N+](=O)[O-])cn2)nc1.CS(=O)(=O)NCCC(c1ccc(Br)nc1)C(F)(F)F.Nc1nccc(-c2cn[nH]c2)c1[N+](=O)[O-]. The van der Waals surface area contributed by atoms with Gasteiger partial charge in [0.2, 0.25) is 31.7 Å². The molecule has 6 rings (SSSR count). The molecular formula is C36H40BrF3N14O8S2. The van der Waals surface area contributed by atoms with Gasteiger partial charge in [-0.2, -0.15) is 23.4 Å². The molecule has 28 heteroatoms. The van der Waals surface area contributed by atoms with Crippen molar-refractivity contribution in [3.05, 3.63) is 122 Å². The number of nitro groups is 2. The lowest BCUT2D eigenvalue weighted by Crippen LogP contribution is -2.29. The standard InChI is InChI=1S/C18H21N7O4S.C10H12BrF3N2O2S.C8H7N5O2/c1-12(5-8-23-30(2,28)29)13-3-4-16(21-9-13)24-11-14(10-22-24)15-6-7-20-18(19)17(15)25(26)27;1-19(17,18)16-5-4-8(10(12,13)14)7-2-3-9(11)15-6-7;9-8-7(13(14)15)6(1-2-10-8)5-3-11-12-4-5/h3-4,6-7,9-12,23H,5,8H2,1-2H3,(H2,19,20);2-3,6,8,16H,4-5H2,1H3;1-4H,(H2,9,10)(H,11,12). The Morgan fingerprint density at radius 2 is 1.33 bits per heavy atom. The second-order valence-corrected chi connectivity index (χ2v) is 18.1. The molecular weight excluding hydrogens is 958 g/mol. The Bertz CT molecular complexity index is 2750. The van der Waals surface area contributed by atoms with Gasteiger partial charge in [0.15, 0.2) is 5.82 Å². The lowest BCUT2D eigenvalue weighted by molar-refractivity contribution is -0.383. The predicted molar refractivity (Wildman–Crippen MR) is 233 cm³/mol. The summed E-state index contributed by atoms with van der Waals surface area (Å²) in [4.78, 5) is 36.6. The molecule has 6 aromatic heterocycles. The summed E-state index contributed by atoms with van der Waals surface area (Å²) in [7, 11) is -6.70. The first-order chi connectivity index (χ1) is 29.9. The number of sulfonamides is 2. The fourth-order valence-electron chi connectivity index (χ4n) is 5.73. The van der Waals surface area contributed by atoms with E-state index >= 15 is 0 Å². The van der Waals surface area contributed by atoms with Crippen LogP contribution >= 0.6 is 15.9 Å². The second kappa shape index (κ2) is 21.7. The van der Waals surface area contributed by atoms with Gasteiger partial charge in [0, 0.05) is 61.4 Å². The molecule has 0 aliphatic rings. The molecule has 0 aromatic carbocycles. The molecule has 0 amide bonds. The van der Waals surface area contributed by atoms with Gasteiger partial charge in [0.25, 0.3) is 0 Å². The Morgan fingerprint density at radius 3 is 1.80 bits per heavy atom. The van der Waals surface area contributed by atoms with Crippen LogP contribution in [0.1, 0.15) is 42.7 Å². The van der Waals surface area contributed by atoms with E-state index in [0.29, 0.717) is 45.6 Å². The topological polar surface area (TPSA) is 329 Å². The Kier molecular flexibility index (Phi) is 17.0. The number of rotatable bonds is 15. The average Bonchev–Trinajstić information content (AvgIpc) is 3.93. The van der Waals surface area contributed by atoms with Crippen LogP contribution in [0.4, 0.5) is 36.2 Å². The van der Waals surface area contributed by atoms with Crippen LogP contribution in [-0.4, -0.2) is 98.4 Å². The highest BCUT2D eigenvalue weighted by atomic mass is 79.9. The Hall–Kier alpha value is -6.49. The number of pyridine rings is 4. The number of nitrogens with two attached hydrogens (primary N) is 2. The van der Waals surface area contributed by atoms with Crippen LogP contribution in [-0.2, 0) is 20.0 Å². The Balaban J connectivity index is 0.000000226. The normalized spacial score (nSPS) is 12.5. The molecule has 2 atom stereocenters. The average molecular weight is 998 g/mol. The molecule has 0 aliphatic heterocycles. The number of halogens is 4. The summed E-state index contributed by atoms with van der Waals surface area (Å²) in [6.07, 6.45) is 9.66. The molecule has 6 aromatic rings. The van der Waals surface area contributed by atoms with E-state index in [4.69, 9.17) is 11.5 Å². The summed E-state index contributed by atoms with van der Waals surface area (Å²) in [5.41, 5.74) is 13.4. The van der Waals surface area contributed by atoms with E-state index in [9.17, 15) is 50.2 Å². The van der Waals surface area contributed by atoms with E-state index in [-0.39, 0.29) is 47.5 Å². The summed E-state index contributed by atoms with van der Waals surface area (Å²) in [6, 6.07) is 9.44. The highest BCUT2D eigenvalue weighted by Crippen LogP contribution is 2.37. The molecule has 2 unspecified atom stereocenters. The highest BCUT2D eigenvalue weighted by Gasteiger charge is 2.40. The fourth-order valence-corrected chi connectivity index (χ4v) is 6.94. The summed E-state index contributed by atoms with van der Waals surface area (Å²) >= 11 is 3.04. The van der Waals surface area contributed by atoms with Gasteiger partial charge >= 0.3 is 17.6 Å². The van der Waals surface area contributed by atoms with E-state index in [1.807, 2.05) is 17.7 Å². The van der Waals surface area contributed by atoms with Crippen molar-refractivity contribution in [2.45, 2.75) is 37.8 Å². The van der Waals surface area contributed by atoms with Crippen molar-refractivity contribution in [3.63, 3.8) is 0 Å². The zero-order valence-corrected chi connectivity index (χ0v) is 37.1. The third kappa shape index (κ3) is 14.8. The lowest BCUT2D eigenvalue weighted by Gasteiger charge is -2.20. The summed E-state index contributed by atoms with van der Waals surface area (Å²) in [6.45, 7) is 2.05. The quantitative estimate of drug-likeness (QED) is 0.0498. The maximum atomic E-state index is 12.9. The van der Waals surface area contributed by atoms with Crippen molar-refractivity contribution in [2.24, 2.45) is 0 Å². The van der Waals surface area contributed by atoms with Crippen molar-refractivity contribution in [1.29, 1.82) is 0 Å². The van der Waals surface area contributed by atoms with Crippen LogP contribution in [0.3, 0.4) is 0 Å². The molecule has 0 saturated carbocycles. The molecule has 0 saturated heterocycles. The molecule has 7 N–H and O–H groups in total. The number of anilines is 2. The highest BCUT2D eigenvalue weighted by molar-refractivity contribution is 9.10. The monoisotopic (exact) mass is 996 g/mol. The number of hydrogen-bond donors (Lipinski definition) is 5. The van der Waals surface area contributed by atoms with Crippen LogP contribution in [0.2, 0.25) is 0 Å². The maximum Gasteiger partial charge on any atom is 0.395 e. The minimum Gasteiger partial charge on any atom is -0.378 e. The number of aromatic amines is 1. The maximum absolute atomic E-state index is 12.9. The first kappa shape index (κ1) is 50.2. The van der Waals surface area contributed by atoms with Gasteiger partial charge in [0.1, 0.15) is 4.60 Å². The first-order valence-corrected chi connectivity index (χ1v) is 22.9. The summed E-state index contributed by atoms with van der Waals surface area (Å²) in [5.74, 6) is -1.36. The molecule has 0 fully saturated rings. The zero-order chi connectivity index (χ0) is 47.4. The molecule has 22 nitrogen and oxygen atoms in total. The molecule has 0 aliphatic carbocycles. The Labute approximate surface area is 371 Å². The van der Waals surface area contributed by atoms with Gasteiger partial charge in [-0.1, -0.05) is 19.1 Å². The van der Waals surface area contributed by atoms with Gasteiger partial charge in [-0.05, 0) is 70.1 Å². The summed E-state index contributed by atoms with van der Waals surface area (Å²) in [5, 5.41) is 32.7. The minimum absolute atomic E-state index is 0.00556. The molecule has 6 heterocycles. The number of aromatic nitrogens is 8. The van der Waals surface area contributed by atoms with E-state index < -0.39 is 42.0 Å². The lowest BCUT2D eigenvalue weighted by atomic mass is 9.97. The molecule has 0 radical (unpaired) electrons. The predicted octanol–water partition coefficient (Wildman–Crippen LogP) is 5.25. The number of nitrogens with one attached hydrogen (secondary N) is 3. The van der Waals surface area contributed by atoms with E-state index in [0.717, 1.165) is 24.3 Å². The number of nitrogen functional groups attached to an aromatic ring is 2. The van der Waals surface area contributed by atoms with E-state index in [2.05, 4.69) is 55.9 Å². The first-order valence-electron chi connectivity index (χ1n) is 18.3. The van der Waals surface area contributed by atoms with Crippen molar-refractivity contribution in [2.75, 3.05) is 37.1 Å². The van der Waals surface area contributed by atoms with Gasteiger partial charge in [0.05, 0.1) is 51.8 Å². The Morgan fingerprint density at radius 1 is 0.781 bits per heavy atom. The number of H-pyrrole nitrogens is 1. The largest absolute Gasteiger partial charge is 0.395 e. The van der Waals surface area contributed by atoms with E-state index in [1.165, 1.54) is 53.7 Å². The van der Waals surface area contributed by atoms with E-state index in [1.54, 1.807) is 24.7 Å². The van der Waals surface area contributed by atoms with Gasteiger partial charge in [-0.15, -0.1) is 0 Å². The molecule has 0 bridgehead atoms. The number of nitrogens with zero attached hydrogens (tertiary/aromatic N) is 9. The molecule has 0 spiro atoms. The van der Waals surface area contributed by atoms with Crippen molar-refractivity contribution in [1.82, 2.24) is 49.4 Å².